The second kappa shape index (κ2) is 11.1. The molecule has 0 saturated heterocycles. The number of aliphatic hydroxyl groups is 1. The van der Waals surface area contributed by atoms with Gasteiger partial charge in [0, 0.05) is 6.61 Å². The highest BCUT2D eigenvalue weighted by Crippen LogP contribution is 1.83. The van der Waals surface area contributed by atoms with Gasteiger partial charge in [-0.05, 0) is 26.1 Å². The third-order valence-corrected chi connectivity index (χ3v) is 0.515. The molecule has 0 bridgehead atoms. The predicted octanol–water partition coefficient (Wildman–Crippen LogP) is 1.24. The van der Waals surface area contributed by atoms with Gasteiger partial charge in [-0.1, -0.05) is 12.6 Å². The molecule has 0 aromatic rings. The molecule has 4 heteroatoms. The van der Waals surface area contributed by atoms with Gasteiger partial charge in [0.05, 0.1) is 6.61 Å². The van der Waals surface area contributed by atoms with Crippen molar-refractivity contribution in [2.75, 3.05) is 13.2 Å². The molecule has 0 saturated carbocycles. The molecule has 0 aromatic carbocycles. The summed E-state index contributed by atoms with van der Waals surface area (Å²) in [5.41, 5.74) is 0. The summed E-state index contributed by atoms with van der Waals surface area (Å²) in [5.74, 6) is 0. The molecule has 0 aliphatic heterocycles. The highest BCUT2D eigenvalue weighted by Gasteiger charge is 1.77. The third kappa shape index (κ3) is 30.8. The lowest BCUT2D eigenvalue weighted by Crippen LogP contribution is -1.89. The Kier molecular flexibility index (Phi) is 14.7. The first-order valence-corrected chi connectivity index (χ1v) is 3.51. The summed E-state index contributed by atoms with van der Waals surface area (Å²) in [6, 6.07) is 0. The van der Waals surface area contributed by atoms with Crippen LogP contribution in [0.5, 0.6) is 0 Å². The Morgan fingerprint density at radius 2 is 2.00 bits per heavy atom. The van der Waals surface area contributed by atoms with Crippen molar-refractivity contribution < 1.29 is 9.84 Å². The third-order valence-electron chi connectivity index (χ3n) is 0.268. The standard InChI is InChI=1S/C3H6OS2.C2H6O/c1-2-4-3(5)6;1-2-3/h2H2,1H3,(H,5,6);3H,2H2,1H3. The number of thiocarbonyl (C=S) groups is 1. The smallest absolute Gasteiger partial charge is 0.216 e. The number of rotatable bonds is 1. The highest BCUT2D eigenvalue weighted by atomic mass is 32.1. The predicted molar refractivity (Wildman–Crippen MR) is 46.0 cm³/mol. The Morgan fingerprint density at radius 1 is 1.67 bits per heavy atom. The van der Waals surface area contributed by atoms with Gasteiger partial charge in [-0.15, -0.1) is 0 Å². The lowest BCUT2D eigenvalue weighted by molar-refractivity contribution is 0.318. The Hall–Kier alpha value is 0.200. The maximum atomic E-state index is 7.57. The monoisotopic (exact) mass is 168 g/mol. The van der Waals surface area contributed by atoms with Crippen molar-refractivity contribution in [3.63, 3.8) is 0 Å². The van der Waals surface area contributed by atoms with Crippen LogP contribution in [0.3, 0.4) is 0 Å². The van der Waals surface area contributed by atoms with E-state index in [1.807, 2.05) is 6.92 Å². The lowest BCUT2D eigenvalue weighted by Gasteiger charge is -1.92. The second-order valence-electron chi connectivity index (χ2n) is 1.02. The minimum Gasteiger partial charge on any atom is -0.479 e. The molecular formula is C5H12O2S2. The van der Waals surface area contributed by atoms with Crippen LogP contribution in [0.2, 0.25) is 0 Å². The van der Waals surface area contributed by atoms with Crippen molar-refractivity contribution in [1.29, 1.82) is 0 Å². The largest absolute Gasteiger partial charge is 0.479 e. The first kappa shape index (κ1) is 11.9. The van der Waals surface area contributed by atoms with Crippen LogP contribution < -0.4 is 0 Å². The minimum atomic E-state index is 0.250. The Balaban J connectivity index is 0. The topological polar surface area (TPSA) is 29.5 Å². The highest BCUT2D eigenvalue weighted by molar-refractivity contribution is 8.10. The number of aliphatic hydroxyl groups excluding tert-OH is 1. The van der Waals surface area contributed by atoms with E-state index in [1.54, 1.807) is 6.92 Å². The molecular weight excluding hydrogens is 156 g/mol. The van der Waals surface area contributed by atoms with E-state index in [-0.39, 0.29) is 6.61 Å². The molecule has 0 aliphatic rings. The first-order chi connectivity index (χ1) is 4.18. The molecule has 0 aliphatic carbocycles. The molecule has 0 rings (SSSR count). The van der Waals surface area contributed by atoms with Crippen LogP contribution in [0, 0.1) is 0 Å². The molecule has 0 unspecified atom stereocenters. The summed E-state index contributed by atoms with van der Waals surface area (Å²) in [6.45, 7) is 4.41. The summed E-state index contributed by atoms with van der Waals surface area (Å²) in [5, 5.41) is 7.57. The molecule has 9 heavy (non-hydrogen) atoms. The van der Waals surface area contributed by atoms with E-state index in [0.717, 1.165) is 0 Å². The molecule has 0 atom stereocenters. The fourth-order valence-electron chi connectivity index (χ4n) is 0.123. The molecule has 0 radical (unpaired) electrons. The fraction of sp³-hybridized carbons (Fsp3) is 0.800. The van der Waals surface area contributed by atoms with Crippen molar-refractivity contribution in [2.45, 2.75) is 13.8 Å². The summed E-state index contributed by atoms with van der Waals surface area (Å²) in [7, 11) is 0. The van der Waals surface area contributed by atoms with Gasteiger partial charge >= 0.3 is 0 Å². The van der Waals surface area contributed by atoms with Crippen molar-refractivity contribution in [3.05, 3.63) is 0 Å². The zero-order chi connectivity index (χ0) is 7.70. The maximum absolute atomic E-state index is 7.57. The molecule has 0 heterocycles. The SMILES string of the molecule is CCO.CCOC(=S)S. The van der Waals surface area contributed by atoms with Gasteiger partial charge in [0.2, 0.25) is 4.38 Å². The van der Waals surface area contributed by atoms with Crippen molar-refractivity contribution in [2.24, 2.45) is 0 Å². The molecule has 56 valence electrons. The van der Waals surface area contributed by atoms with Crippen LogP contribution in [0.25, 0.3) is 0 Å². The van der Waals surface area contributed by atoms with Gasteiger partial charge < -0.3 is 9.84 Å². The summed E-state index contributed by atoms with van der Waals surface area (Å²) in [6.07, 6.45) is 0. The van der Waals surface area contributed by atoms with Crippen LogP contribution in [0.4, 0.5) is 0 Å². The molecule has 0 aromatic heterocycles. The molecule has 2 nitrogen and oxygen atoms in total. The number of hydrogen-bond donors (Lipinski definition) is 2. The fourth-order valence-corrected chi connectivity index (χ4v) is 0.370. The maximum Gasteiger partial charge on any atom is 0.216 e. The van der Waals surface area contributed by atoms with Gasteiger partial charge in [-0.2, -0.15) is 0 Å². The van der Waals surface area contributed by atoms with Gasteiger partial charge in [0.15, 0.2) is 0 Å². The number of hydrogen-bond acceptors (Lipinski definition) is 3. The average molecular weight is 168 g/mol. The quantitative estimate of drug-likeness (QED) is 0.456. The van der Waals surface area contributed by atoms with Crippen LogP contribution in [-0.2, 0) is 4.74 Å². The minimum absolute atomic E-state index is 0.250. The van der Waals surface area contributed by atoms with E-state index < -0.39 is 0 Å². The summed E-state index contributed by atoms with van der Waals surface area (Å²) < 4.78 is 4.95. The second-order valence-corrected chi connectivity index (χ2v) is 2.09. The summed E-state index contributed by atoms with van der Waals surface area (Å²) >= 11 is 8.12. The van der Waals surface area contributed by atoms with Gasteiger partial charge in [0.1, 0.15) is 0 Å². The molecule has 0 fully saturated rings. The van der Waals surface area contributed by atoms with Gasteiger partial charge in [-0.3, -0.25) is 0 Å². The first-order valence-electron chi connectivity index (χ1n) is 2.65. The number of ether oxygens (including phenoxy) is 1. The van der Waals surface area contributed by atoms with Crippen LogP contribution in [0.1, 0.15) is 13.8 Å². The molecule has 0 spiro atoms. The van der Waals surface area contributed by atoms with E-state index in [2.05, 4.69) is 29.6 Å². The van der Waals surface area contributed by atoms with Crippen LogP contribution in [-0.4, -0.2) is 22.7 Å². The van der Waals surface area contributed by atoms with Crippen molar-refractivity contribution in [1.82, 2.24) is 0 Å². The zero-order valence-corrected chi connectivity index (χ0v) is 7.34. The number of thiol groups is 1. The Morgan fingerprint density at radius 3 is 2.00 bits per heavy atom. The Labute approximate surface area is 66.6 Å². The normalized spacial score (nSPS) is 7.11. The van der Waals surface area contributed by atoms with E-state index >= 15 is 0 Å². The van der Waals surface area contributed by atoms with Gasteiger partial charge in [0.25, 0.3) is 0 Å². The van der Waals surface area contributed by atoms with Crippen LogP contribution in [0.15, 0.2) is 0 Å². The van der Waals surface area contributed by atoms with Crippen LogP contribution >= 0.6 is 24.8 Å². The molecule has 1 N–H and O–H groups in total. The molecule has 0 amide bonds. The van der Waals surface area contributed by atoms with Gasteiger partial charge in [-0.25, -0.2) is 0 Å². The Bertz CT molecular complexity index is 66.0. The lowest BCUT2D eigenvalue weighted by atomic mass is 10.9. The summed E-state index contributed by atoms with van der Waals surface area (Å²) in [4.78, 5) is 0. The van der Waals surface area contributed by atoms with Crippen molar-refractivity contribution >= 4 is 29.2 Å². The average Bonchev–Trinajstić information content (AvgIpc) is 1.67. The van der Waals surface area contributed by atoms with E-state index in [1.165, 1.54) is 0 Å². The zero-order valence-electron chi connectivity index (χ0n) is 5.63. The van der Waals surface area contributed by atoms with E-state index in [4.69, 9.17) is 5.11 Å². The van der Waals surface area contributed by atoms with Crippen molar-refractivity contribution in [3.8, 4) is 0 Å². The van der Waals surface area contributed by atoms with E-state index in [0.29, 0.717) is 11.0 Å². The van der Waals surface area contributed by atoms with E-state index in [9.17, 15) is 0 Å².